The number of benzene rings is 1. The highest BCUT2D eigenvalue weighted by Crippen LogP contribution is 2.29. The zero-order valence-corrected chi connectivity index (χ0v) is 10.3. The molecule has 0 saturated carbocycles. The molecule has 18 heavy (non-hydrogen) atoms. The Morgan fingerprint density at radius 2 is 1.83 bits per heavy atom. The van der Waals surface area contributed by atoms with Crippen LogP contribution >= 0.6 is 0 Å². The first-order valence-corrected chi connectivity index (χ1v) is 5.95. The van der Waals surface area contributed by atoms with Crippen LogP contribution in [0.15, 0.2) is 29.8 Å². The minimum Gasteiger partial charge on any atom is -0.392 e. The van der Waals surface area contributed by atoms with Gasteiger partial charge in [0, 0.05) is 0 Å². The lowest BCUT2D eigenvalue weighted by atomic mass is 10.0. The second-order valence-electron chi connectivity index (χ2n) is 4.18. The van der Waals surface area contributed by atoms with E-state index in [4.69, 9.17) is 5.11 Å². The number of hydrogen-bond acceptors (Lipinski definition) is 1. The average Bonchev–Trinajstić information content (AvgIpc) is 2.34. The van der Waals surface area contributed by atoms with Gasteiger partial charge < -0.3 is 5.11 Å². The molecule has 0 aromatic heterocycles. The Morgan fingerprint density at radius 1 is 1.22 bits per heavy atom. The summed E-state index contributed by atoms with van der Waals surface area (Å²) in [7, 11) is 0. The predicted octanol–water partition coefficient (Wildman–Crippen LogP) is 4.27. The molecule has 0 aliphatic heterocycles. The van der Waals surface area contributed by atoms with Crippen molar-refractivity contribution < 1.29 is 18.3 Å². The number of aliphatic hydroxyl groups excluding tert-OH is 1. The molecule has 100 valence electrons. The summed E-state index contributed by atoms with van der Waals surface area (Å²) in [5.41, 5.74) is 0.874. The van der Waals surface area contributed by atoms with Gasteiger partial charge in [0.05, 0.1) is 12.2 Å². The molecule has 0 atom stereocenters. The van der Waals surface area contributed by atoms with Gasteiger partial charge in [-0.05, 0) is 36.1 Å². The highest BCUT2D eigenvalue weighted by Gasteiger charge is 2.29. The van der Waals surface area contributed by atoms with Crippen LogP contribution < -0.4 is 0 Å². The summed E-state index contributed by atoms with van der Waals surface area (Å²) < 4.78 is 37.1. The van der Waals surface area contributed by atoms with Crippen LogP contribution in [0.4, 0.5) is 13.2 Å². The van der Waals surface area contributed by atoms with Crippen LogP contribution in [0.1, 0.15) is 37.3 Å². The monoisotopic (exact) mass is 258 g/mol. The van der Waals surface area contributed by atoms with Gasteiger partial charge in [0.15, 0.2) is 0 Å². The summed E-state index contributed by atoms with van der Waals surface area (Å²) in [5, 5.41) is 9.15. The minimum absolute atomic E-state index is 0.0545. The smallest absolute Gasteiger partial charge is 0.392 e. The third-order valence-corrected chi connectivity index (χ3v) is 2.66. The van der Waals surface area contributed by atoms with E-state index in [0.29, 0.717) is 5.56 Å². The third kappa shape index (κ3) is 4.53. The fourth-order valence-corrected chi connectivity index (χ4v) is 1.60. The first-order valence-electron chi connectivity index (χ1n) is 5.95. The molecule has 0 aliphatic rings. The summed E-state index contributed by atoms with van der Waals surface area (Å²) in [6, 6.07) is 4.95. The first-order chi connectivity index (χ1) is 8.47. The molecule has 0 fully saturated rings. The Kier molecular flexibility index (Phi) is 5.41. The molecule has 0 amide bonds. The maximum atomic E-state index is 12.4. The number of aliphatic hydroxyl groups is 1. The highest BCUT2D eigenvalue weighted by atomic mass is 19.4. The van der Waals surface area contributed by atoms with Crippen LogP contribution in [0.25, 0.3) is 6.08 Å². The van der Waals surface area contributed by atoms with Crippen molar-refractivity contribution in [2.45, 2.75) is 32.4 Å². The van der Waals surface area contributed by atoms with Crippen molar-refractivity contribution in [3.8, 4) is 0 Å². The van der Waals surface area contributed by atoms with E-state index in [1.807, 2.05) is 6.92 Å². The summed E-state index contributed by atoms with van der Waals surface area (Å²) in [6.07, 6.45) is 0.200. The van der Waals surface area contributed by atoms with E-state index in [-0.39, 0.29) is 6.61 Å². The molecule has 1 aromatic carbocycles. The molecule has 1 nitrogen and oxygen atoms in total. The van der Waals surface area contributed by atoms with E-state index in [2.05, 4.69) is 0 Å². The number of rotatable bonds is 5. The Balaban J connectivity index is 2.81. The van der Waals surface area contributed by atoms with Gasteiger partial charge in [0.25, 0.3) is 0 Å². The molecule has 0 radical (unpaired) electrons. The van der Waals surface area contributed by atoms with E-state index in [0.717, 1.165) is 37.0 Å². The van der Waals surface area contributed by atoms with E-state index < -0.39 is 11.7 Å². The molecule has 1 aromatic rings. The van der Waals surface area contributed by atoms with Crippen molar-refractivity contribution in [3.05, 3.63) is 41.0 Å². The number of hydrogen-bond donors (Lipinski definition) is 1. The third-order valence-electron chi connectivity index (χ3n) is 2.66. The number of alkyl halides is 3. The maximum absolute atomic E-state index is 12.4. The van der Waals surface area contributed by atoms with Crippen molar-refractivity contribution in [1.82, 2.24) is 0 Å². The zero-order chi connectivity index (χ0) is 13.6. The Hall–Kier alpha value is -1.29. The second-order valence-corrected chi connectivity index (χ2v) is 4.18. The Bertz CT molecular complexity index is 390. The van der Waals surface area contributed by atoms with Gasteiger partial charge in [-0.25, -0.2) is 0 Å². The van der Waals surface area contributed by atoms with E-state index in [1.54, 1.807) is 6.08 Å². The lowest BCUT2D eigenvalue weighted by Crippen LogP contribution is -2.04. The van der Waals surface area contributed by atoms with Crippen molar-refractivity contribution in [1.29, 1.82) is 0 Å². The molecule has 0 aliphatic carbocycles. The van der Waals surface area contributed by atoms with Gasteiger partial charge in [-0.1, -0.05) is 31.6 Å². The standard InChI is InChI=1S/C14H17F3O/c1-2-3-4-12(10-18)9-11-5-7-13(8-6-11)14(15,16)17/h5-9,18H,2-4,10H2,1H3/b12-9-. The number of unbranched alkanes of at least 4 members (excludes halogenated alkanes) is 1. The maximum Gasteiger partial charge on any atom is 0.416 e. The second kappa shape index (κ2) is 6.59. The minimum atomic E-state index is -4.30. The predicted molar refractivity (Wildman–Crippen MR) is 66.0 cm³/mol. The number of halogens is 3. The van der Waals surface area contributed by atoms with Gasteiger partial charge in [0.2, 0.25) is 0 Å². The Labute approximate surface area is 105 Å². The van der Waals surface area contributed by atoms with Crippen molar-refractivity contribution in [2.75, 3.05) is 6.61 Å². The van der Waals surface area contributed by atoms with Gasteiger partial charge in [0.1, 0.15) is 0 Å². The van der Waals surface area contributed by atoms with Gasteiger partial charge in [-0.2, -0.15) is 13.2 Å². The van der Waals surface area contributed by atoms with Crippen LogP contribution in [0, 0.1) is 0 Å². The van der Waals surface area contributed by atoms with Crippen LogP contribution in [-0.4, -0.2) is 11.7 Å². The topological polar surface area (TPSA) is 20.2 Å². The zero-order valence-electron chi connectivity index (χ0n) is 10.3. The summed E-state index contributed by atoms with van der Waals surface area (Å²) in [4.78, 5) is 0. The van der Waals surface area contributed by atoms with Crippen molar-refractivity contribution in [3.63, 3.8) is 0 Å². The van der Waals surface area contributed by atoms with Gasteiger partial charge in [-0.15, -0.1) is 0 Å². The lowest BCUT2D eigenvalue weighted by molar-refractivity contribution is -0.137. The van der Waals surface area contributed by atoms with Crippen LogP contribution in [0.5, 0.6) is 0 Å². The van der Waals surface area contributed by atoms with Gasteiger partial charge in [-0.3, -0.25) is 0 Å². The molecule has 0 heterocycles. The fraction of sp³-hybridized carbons (Fsp3) is 0.429. The highest BCUT2D eigenvalue weighted by molar-refractivity contribution is 5.53. The van der Waals surface area contributed by atoms with Crippen LogP contribution in [0.3, 0.4) is 0 Å². The van der Waals surface area contributed by atoms with E-state index >= 15 is 0 Å². The first kappa shape index (κ1) is 14.8. The van der Waals surface area contributed by atoms with Crippen molar-refractivity contribution >= 4 is 6.08 Å². The molecule has 1 N–H and O–H groups in total. The van der Waals surface area contributed by atoms with Gasteiger partial charge >= 0.3 is 6.18 Å². The van der Waals surface area contributed by atoms with Crippen molar-refractivity contribution in [2.24, 2.45) is 0 Å². The van der Waals surface area contributed by atoms with E-state index in [1.165, 1.54) is 12.1 Å². The average molecular weight is 258 g/mol. The lowest BCUT2D eigenvalue weighted by Gasteiger charge is -2.07. The quantitative estimate of drug-likeness (QED) is 0.836. The molecule has 0 unspecified atom stereocenters. The molecular formula is C14H17F3O. The molecule has 0 bridgehead atoms. The molecular weight excluding hydrogens is 241 g/mol. The summed E-state index contributed by atoms with van der Waals surface area (Å²) in [6.45, 7) is 1.99. The summed E-state index contributed by atoms with van der Waals surface area (Å²) >= 11 is 0. The Morgan fingerprint density at radius 3 is 2.28 bits per heavy atom. The fourth-order valence-electron chi connectivity index (χ4n) is 1.60. The normalized spacial score (nSPS) is 12.8. The van der Waals surface area contributed by atoms with E-state index in [9.17, 15) is 13.2 Å². The SMILES string of the molecule is CCCC/C(=C/c1ccc(C(F)(F)F)cc1)CO. The molecule has 1 rings (SSSR count). The molecule has 0 spiro atoms. The van der Waals surface area contributed by atoms with Crippen LogP contribution in [-0.2, 0) is 6.18 Å². The summed E-state index contributed by atoms with van der Waals surface area (Å²) in [5.74, 6) is 0. The molecule has 4 heteroatoms. The molecule has 0 saturated heterocycles. The largest absolute Gasteiger partial charge is 0.416 e. The van der Waals surface area contributed by atoms with Crippen LogP contribution in [0.2, 0.25) is 0 Å².